The Bertz CT molecular complexity index is 517. The second kappa shape index (κ2) is 5.34. The molecule has 1 aromatic carbocycles. The Kier molecular flexibility index (Phi) is 4.08. The fraction of sp³-hybridized carbons (Fsp3) is 0.444. The van der Waals surface area contributed by atoms with E-state index < -0.39 is 13.7 Å². The molecule has 0 amide bonds. The molecular weight excluding hydrogens is 260 g/mol. The molecule has 2 atom stereocenters. The van der Waals surface area contributed by atoms with E-state index in [2.05, 4.69) is 57.4 Å². The molecule has 108 valence electrons. The third kappa shape index (κ3) is 2.81. The van der Waals surface area contributed by atoms with Crippen molar-refractivity contribution in [2.75, 3.05) is 0 Å². The molecule has 0 heterocycles. The number of hydrogen-bond donors (Lipinski definition) is 1. The predicted octanol–water partition coefficient (Wildman–Crippen LogP) is 3.80. The molecule has 20 heavy (non-hydrogen) atoms. The van der Waals surface area contributed by atoms with Crippen molar-refractivity contribution in [1.29, 1.82) is 0 Å². The van der Waals surface area contributed by atoms with Crippen LogP contribution in [0, 0.1) is 5.92 Å². The SMILES string of the molecule is C=C1C[C@@H](C)[C@](O)(CC(=C)[Si](C)(C)c2ccccc2)C1. The van der Waals surface area contributed by atoms with Crippen molar-refractivity contribution in [2.24, 2.45) is 5.92 Å². The standard InChI is InChI=1S/C18H26OSi/c1-14-11-15(2)18(19,12-14)13-16(3)20(4,5)17-9-7-6-8-10-17/h6-10,15,19H,1,3,11-13H2,2,4-5H3/t15-,18-/m1/s1. The first-order valence-electron chi connectivity index (χ1n) is 7.38. The van der Waals surface area contributed by atoms with Gasteiger partial charge in [-0.25, -0.2) is 0 Å². The van der Waals surface area contributed by atoms with E-state index in [0.29, 0.717) is 6.42 Å². The van der Waals surface area contributed by atoms with Gasteiger partial charge < -0.3 is 5.11 Å². The van der Waals surface area contributed by atoms with Gasteiger partial charge in [0.15, 0.2) is 0 Å². The van der Waals surface area contributed by atoms with Crippen molar-refractivity contribution in [3.05, 3.63) is 54.3 Å². The molecule has 1 N–H and O–H groups in total. The fourth-order valence-corrected chi connectivity index (χ4v) is 5.37. The highest BCUT2D eigenvalue weighted by atomic mass is 28.3. The Morgan fingerprint density at radius 3 is 2.45 bits per heavy atom. The van der Waals surface area contributed by atoms with Crippen LogP contribution < -0.4 is 5.19 Å². The second-order valence-electron chi connectivity index (χ2n) is 6.91. The lowest BCUT2D eigenvalue weighted by Crippen LogP contribution is -2.46. The van der Waals surface area contributed by atoms with Gasteiger partial charge in [-0.3, -0.25) is 0 Å². The van der Waals surface area contributed by atoms with Gasteiger partial charge >= 0.3 is 0 Å². The quantitative estimate of drug-likeness (QED) is 0.659. The Hall–Kier alpha value is -1.12. The lowest BCUT2D eigenvalue weighted by molar-refractivity contribution is 0.0126. The average molecular weight is 286 g/mol. The summed E-state index contributed by atoms with van der Waals surface area (Å²) in [6, 6.07) is 10.6. The van der Waals surface area contributed by atoms with Gasteiger partial charge in [-0.2, -0.15) is 0 Å². The molecule has 1 aliphatic carbocycles. The first kappa shape index (κ1) is 15.3. The second-order valence-corrected chi connectivity index (χ2v) is 11.4. The van der Waals surface area contributed by atoms with Crippen LogP contribution in [0.1, 0.15) is 26.2 Å². The molecule has 0 unspecified atom stereocenters. The maximum Gasteiger partial charge on any atom is 0.106 e. The molecule has 2 heteroatoms. The van der Waals surface area contributed by atoms with Crippen LogP contribution in [-0.2, 0) is 0 Å². The van der Waals surface area contributed by atoms with Gasteiger partial charge in [-0.1, -0.05) is 72.9 Å². The van der Waals surface area contributed by atoms with Crippen LogP contribution in [0.5, 0.6) is 0 Å². The summed E-state index contributed by atoms with van der Waals surface area (Å²) in [4.78, 5) is 0. The lowest BCUT2D eigenvalue weighted by atomic mass is 9.89. The molecule has 0 aromatic heterocycles. The molecular formula is C18H26OSi. The van der Waals surface area contributed by atoms with E-state index in [-0.39, 0.29) is 5.92 Å². The molecule has 0 radical (unpaired) electrons. The maximum absolute atomic E-state index is 10.9. The molecule has 1 fully saturated rings. The number of benzene rings is 1. The molecule has 0 spiro atoms. The molecule has 0 aliphatic heterocycles. The Balaban J connectivity index is 2.18. The van der Waals surface area contributed by atoms with Gasteiger partial charge in [0.2, 0.25) is 0 Å². The predicted molar refractivity (Wildman–Crippen MR) is 89.8 cm³/mol. The maximum atomic E-state index is 10.9. The first-order chi connectivity index (χ1) is 9.25. The van der Waals surface area contributed by atoms with E-state index >= 15 is 0 Å². The first-order valence-corrected chi connectivity index (χ1v) is 10.4. The zero-order chi connectivity index (χ0) is 15.0. The molecule has 0 bridgehead atoms. The van der Waals surface area contributed by atoms with Gasteiger partial charge in [0.05, 0.1) is 5.60 Å². The molecule has 1 aliphatic rings. The van der Waals surface area contributed by atoms with Crippen molar-refractivity contribution >= 4 is 13.3 Å². The van der Waals surface area contributed by atoms with Crippen molar-refractivity contribution in [3.8, 4) is 0 Å². The topological polar surface area (TPSA) is 20.2 Å². The minimum Gasteiger partial charge on any atom is -0.389 e. The van der Waals surface area contributed by atoms with E-state index in [1.807, 2.05) is 6.07 Å². The van der Waals surface area contributed by atoms with Crippen LogP contribution >= 0.6 is 0 Å². The van der Waals surface area contributed by atoms with Crippen molar-refractivity contribution < 1.29 is 5.11 Å². The summed E-state index contributed by atoms with van der Waals surface area (Å²) in [7, 11) is -1.73. The third-order valence-corrected chi connectivity index (χ3v) is 8.69. The summed E-state index contributed by atoms with van der Waals surface area (Å²) in [6.07, 6.45) is 2.38. The highest BCUT2D eigenvalue weighted by molar-refractivity contribution is 6.95. The number of rotatable bonds is 4. The molecule has 0 saturated heterocycles. The van der Waals surface area contributed by atoms with E-state index in [9.17, 15) is 5.11 Å². The van der Waals surface area contributed by atoms with Gasteiger partial charge in [-0.15, -0.1) is 6.58 Å². The number of aliphatic hydroxyl groups is 1. The van der Waals surface area contributed by atoms with Gasteiger partial charge in [0, 0.05) is 0 Å². The van der Waals surface area contributed by atoms with Crippen LogP contribution in [0.4, 0.5) is 0 Å². The summed E-state index contributed by atoms with van der Waals surface area (Å²) in [5.74, 6) is 0.285. The van der Waals surface area contributed by atoms with Gasteiger partial charge in [0.1, 0.15) is 8.07 Å². The van der Waals surface area contributed by atoms with Crippen molar-refractivity contribution in [2.45, 2.75) is 44.9 Å². The Labute approximate surface area is 124 Å². The van der Waals surface area contributed by atoms with Crippen LogP contribution in [0.25, 0.3) is 0 Å². The minimum absolute atomic E-state index is 0.285. The van der Waals surface area contributed by atoms with Crippen molar-refractivity contribution in [3.63, 3.8) is 0 Å². The highest BCUT2D eigenvalue weighted by Gasteiger charge is 2.42. The van der Waals surface area contributed by atoms with Crippen LogP contribution in [-0.4, -0.2) is 18.8 Å². The summed E-state index contributed by atoms with van der Waals surface area (Å²) >= 11 is 0. The summed E-state index contributed by atoms with van der Waals surface area (Å²) in [5, 5.41) is 13.5. The smallest absolute Gasteiger partial charge is 0.106 e. The fourth-order valence-electron chi connectivity index (χ4n) is 3.19. The summed E-state index contributed by atoms with van der Waals surface area (Å²) in [6.45, 7) is 15.2. The molecule has 1 saturated carbocycles. The van der Waals surface area contributed by atoms with Crippen LogP contribution in [0.2, 0.25) is 13.1 Å². The van der Waals surface area contributed by atoms with Gasteiger partial charge in [-0.05, 0) is 25.2 Å². The largest absolute Gasteiger partial charge is 0.389 e. The van der Waals surface area contributed by atoms with E-state index in [4.69, 9.17) is 0 Å². The van der Waals surface area contributed by atoms with E-state index in [1.165, 1.54) is 16.0 Å². The zero-order valence-electron chi connectivity index (χ0n) is 12.9. The third-order valence-electron chi connectivity index (χ3n) is 4.97. The molecule has 1 aromatic rings. The van der Waals surface area contributed by atoms with Crippen LogP contribution in [0.3, 0.4) is 0 Å². The Morgan fingerprint density at radius 1 is 1.35 bits per heavy atom. The molecule has 1 nitrogen and oxygen atoms in total. The molecule has 2 rings (SSSR count). The van der Waals surface area contributed by atoms with Crippen LogP contribution in [0.15, 0.2) is 54.3 Å². The van der Waals surface area contributed by atoms with Gasteiger partial charge in [0.25, 0.3) is 0 Å². The minimum atomic E-state index is -1.73. The average Bonchev–Trinajstić information content (AvgIpc) is 2.63. The summed E-state index contributed by atoms with van der Waals surface area (Å²) < 4.78 is 0. The normalized spacial score (nSPS) is 26.8. The van der Waals surface area contributed by atoms with Crippen molar-refractivity contribution in [1.82, 2.24) is 0 Å². The lowest BCUT2D eigenvalue weighted by Gasteiger charge is -2.34. The van der Waals surface area contributed by atoms with E-state index in [1.54, 1.807) is 0 Å². The monoisotopic (exact) mass is 286 g/mol. The highest BCUT2D eigenvalue weighted by Crippen LogP contribution is 2.43. The Morgan fingerprint density at radius 2 is 1.95 bits per heavy atom. The number of hydrogen-bond acceptors (Lipinski definition) is 1. The zero-order valence-corrected chi connectivity index (χ0v) is 13.9. The summed E-state index contributed by atoms with van der Waals surface area (Å²) in [5.41, 5.74) is 0.541. The van der Waals surface area contributed by atoms with E-state index in [0.717, 1.165) is 12.8 Å².